The Balaban J connectivity index is 2.00. The molecule has 0 saturated heterocycles. The number of hydrogen-bond acceptors (Lipinski definition) is 5. The summed E-state index contributed by atoms with van der Waals surface area (Å²) in [6, 6.07) is 2.02. The first kappa shape index (κ1) is 14.4. The lowest BCUT2D eigenvalue weighted by Gasteiger charge is -2.25. The van der Waals surface area contributed by atoms with Gasteiger partial charge in [-0.1, -0.05) is 26.7 Å². The zero-order valence-corrected chi connectivity index (χ0v) is 12.7. The molecule has 5 heteroatoms. The van der Waals surface area contributed by atoms with E-state index < -0.39 is 0 Å². The van der Waals surface area contributed by atoms with Gasteiger partial charge in [0.05, 0.1) is 0 Å². The highest BCUT2D eigenvalue weighted by atomic mass is 32.2. The van der Waals surface area contributed by atoms with Gasteiger partial charge in [-0.25, -0.2) is 4.98 Å². The second-order valence-electron chi connectivity index (χ2n) is 5.39. The minimum Gasteiger partial charge on any atom is -0.370 e. The minimum absolute atomic E-state index is 0.368. The van der Waals surface area contributed by atoms with E-state index in [-0.39, 0.29) is 0 Å². The first-order valence-electron chi connectivity index (χ1n) is 7.22. The topological polar surface area (TPSA) is 63.8 Å². The zero-order chi connectivity index (χ0) is 13.7. The van der Waals surface area contributed by atoms with Gasteiger partial charge in [0, 0.05) is 17.9 Å². The van der Waals surface area contributed by atoms with Crippen LogP contribution in [0.4, 0.5) is 11.8 Å². The van der Waals surface area contributed by atoms with E-state index in [0.29, 0.717) is 11.2 Å². The van der Waals surface area contributed by atoms with E-state index >= 15 is 0 Å². The Labute approximate surface area is 120 Å². The van der Waals surface area contributed by atoms with E-state index in [1.807, 2.05) is 17.8 Å². The van der Waals surface area contributed by atoms with Crippen molar-refractivity contribution in [3.05, 3.63) is 6.07 Å². The summed E-state index contributed by atoms with van der Waals surface area (Å²) >= 11 is 1.86. The van der Waals surface area contributed by atoms with Crippen molar-refractivity contribution in [3.63, 3.8) is 0 Å². The number of rotatable bonds is 5. The molecule has 0 aliphatic heterocycles. The Morgan fingerprint density at radius 3 is 3.00 bits per heavy atom. The SMILES string of the molecule is CCCNc1cc(SC2CCCC(C)C2)nc(N)n1. The molecule has 1 fully saturated rings. The van der Waals surface area contributed by atoms with E-state index in [1.54, 1.807) is 0 Å². The van der Waals surface area contributed by atoms with Crippen molar-refractivity contribution < 1.29 is 0 Å². The van der Waals surface area contributed by atoms with Crippen LogP contribution in [0.2, 0.25) is 0 Å². The summed E-state index contributed by atoms with van der Waals surface area (Å²) in [7, 11) is 0. The van der Waals surface area contributed by atoms with Crippen LogP contribution < -0.4 is 11.1 Å². The summed E-state index contributed by atoms with van der Waals surface area (Å²) in [5, 5.41) is 4.96. The van der Waals surface area contributed by atoms with Crippen LogP contribution in [-0.2, 0) is 0 Å². The summed E-state index contributed by atoms with van der Waals surface area (Å²) in [6.45, 7) is 5.40. The molecule has 2 rings (SSSR count). The fraction of sp³-hybridized carbons (Fsp3) is 0.714. The lowest BCUT2D eigenvalue weighted by Crippen LogP contribution is -2.15. The molecule has 1 aliphatic rings. The molecule has 1 saturated carbocycles. The molecule has 0 bridgehead atoms. The molecular formula is C14H24N4S. The maximum absolute atomic E-state index is 5.79. The second-order valence-corrected chi connectivity index (χ2v) is 6.71. The third-order valence-corrected chi connectivity index (χ3v) is 4.66. The second kappa shape index (κ2) is 6.98. The van der Waals surface area contributed by atoms with Crippen LogP contribution in [-0.4, -0.2) is 21.8 Å². The van der Waals surface area contributed by atoms with Crippen molar-refractivity contribution in [3.8, 4) is 0 Å². The quantitative estimate of drug-likeness (QED) is 0.808. The fourth-order valence-electron chi connectivity index (χ4n) is 2.50. The van der Waals surface area contributed by atoms with Crippen molar-refractivity contribution in [2.75, 3.05) is 17.6 Å². The van der Waals surface area contributed by atoms with Gasteiger partial charge in [0.25, 0.3) is 0 Å². The predicted molar refractivity (Wildman–Crippen MR) is 82.5 cm³/mol. The summed E-state index contributed by atoms with van der Waals surface area (Å²) < 4.78 is 0. The molecule has 106 valence electrons. The number of nitrogens with two attached hydrogens (primary N) is 1. The number of thioether (sulfide) groups is 1. The molecule has 1 aromatic heterocycles. The average molecular weight is 280 g/mol. The first-order chi connectivity index (χ1) is 9.17. The number of nitrogens with one attached hydrogen (secondary N) is 1. The normalized spacial score (nSPS) is 23.3. The Morgan fingerprint density at radius 1 is 1.42 bits per heavy atom. The standard InChI is InChI=1S/C14H24N4S/c1-3-7-16-12-9-13(18-14(15)17-12)19-11-6-4-5-10(2)8-11/h9-11H,3-8H2,1-2H3,(H3,15,16,17,18). The number of aromatic nitrogens is 2. The molecule has 0 radical (unpaired) electrons. The van der Waals surface area contributed by atoms with Crippen LogP contribution in [0.5, 0.6) is 0 Å². The average Bonchev–Trinajstić information content (AvgIpc) is 2.35. The number of nitrogens with zero attached hydrogens (tertiary/aromatic N) is 2. The third-order valence-electron chi connectivity index (χ3n) is 3.45. The van der Waals surface area contributed by atoms with Crippen molar-refractivity contribution in [1.29, 1.82) is 0 Å². The smallest absolute Gasteiger partial charge is 0.223 e. The molecule has 2 atom stereocenters. The van der Waals surface area contributed by atoms with Gasteiger partial charge in [0.15, 0.2) is 0 Å². The third kappa shape index (κ3) is 4.56. The molecule has 1 heterocycles. The first-order valence-corrected chi connectivity index (χ1v) is 8.10. The van der Waals surface area contributed by atoms with Crippen LogP contribution in [0.25, 0.3) is 0 Å². The van der Waals surface area contributed by atoms with Crippen LogP contribution in [0.1, 0.15) is 46.0 Å². The number of hydrogen-bond donors (Lipinski definition) is 2. The lowest BCUT2D eigenvalue weighted by atomic mass is 9.91. The molecule has 1 aliphatic carbocycles. The van der Waals surface area contributed by atoms with E-state index in [4.69, 9.17) is 5.73 Å². The van der Waals surface area contributed by atoms with E-state index in [1.165, 1.54) is 25.7 Å². The van der Waals surface area contributed by atoms with Crippen LogP contribution in [0.15, 0.2) is 11.1 Å². The van der Waals surface area contributed by atoms with Crippen LogP contribution in [0.3, 0.4) is 0 Å². The van der Waals surface area contributed by atoms with Crippen molar-refractivity contribution in [1.82, 2.24) is 9.97 Å². The highest BCUT2D eigenvalue weighted by Crippen LogP contribution is 2.35. The van der Waals surface area contributed by atoms with Crippen molar-refractivity contribution in [2.24, 2.45) is 5.92 Å². The largest absolute Gasteiger partial charge is 0.370 e. The van der Waals surface area contributed by atoms with Gasteiger partial charge in [-0.3, -0.25) is 0 Å². The van der Waals surface area contributed by atoms with E-state index in [0.717, 1.165) is 29.7 Å². The van der Waals surface area contributed by atoms with Gasteiger partial charge < -0.3 is 11.1 Å². The Kier molecular flexibility index (Phi) is 5.31. The van der Waals surface area contributed by atoms with E-state index in [2.05, 4.69) is 29.1 Å². The number of nitrogen functional groups attached to an aromatic ring is 1. The summed E-state index contributed by atoms with van der Waals surface area (Å²) in [5.74, 6) is 2.05. The minimum atomic E-state index is 0.368. The Bertz CT molecular complexity index is 410. The molecule has 4 nitrogen and oxygen atoms in total. The van der Waals surface area contributed by atoms with Gasteiger partial charge in [-0.05, 0) is 25.2 Å². The lowest BCUT2D eigenvalue weighted by molar-refractivity contribution is 0.394. The predicted octanol–water partition coefficient (Wildman–Crippen LogP) is 3.55. The Hall–Kier alpha value is -0.970. The number of anilines is 2. The summed E-state index contributed by atoms with van der Waals surface area (Å²) in [5.41, 5.74) is 5.79. The van der Waals surface area contributed by atoms with Gasteiger partial charge in [0.1, 0.15) is 10.8 Å². The maximum atomic E-state index is 5.79. The summed E-state index contributed by atoms with van der Waals surface area (Å²) in [6.07, 6.45) is 6.35. The van der Waals surface area contributed by atoms with Gasteiger partial charge in [0.2, 0.25) is 5.95 Å². The molecule has 0 aromatic carbocycles. The van der Waals surface area contributed by atoms with Gasteiger partial charge >= 0.3 is 0 Å². The fourth-order valence-corrected chi connectivity index (χ4v) is 3.88. The maximum Gasteiger partial charge on any atom is 0.223 e. The van der Waals surface area contributed by atoms with Crippen molar-refractivity contribution in [2.45, 2.75) is 56.2 Å². The molecule has 19 heavy (non-hydrogen) atoms. The highest BCUT2D eigenvalue weighted by Gasteiger charge is 2.20. The highest BCUT2D eigenvalue weighted by molar-refractivity contribution is 7.99. The molecule has 3 N–H and O–H groups in total. The van der Waals surface area contributed by atoms with Crippen LogP contribution in [0, 0.1) is 5.92 Å². The van der Waals surface area contributed by atoms with Gasteiger partial charge in [-0.2, -0.15) is 4.98 Å². The molecule has 1 aromatic rings. The monoisotopic (exact) mass is 280 g/mol. The Morgan fingerprint density at radius 2 is 2.26 bits per heavy atom. The molecular weight excluding hydrogens is 256 g/mol. The molecule has 0 amide bonds. The van der Waals surface area contributed by atoms with Gasteiger partial charge in [-0.15, -0.1) is 11.8 Å². The zero-order valence-electron chi connectivity index (χ0n) is 11.9. The van der Waals surface area contributed by atoms with Crippen LogP contribution >= 0.6 is 11.8 Å². The van der Waals surface area contributed by atoms with Crippen molar-refractivity contribution >= 4 is 23.5 Å². The summed E-state index contributed by atoms with van der Waals surface area (Å²) in [4.78, 5) is 8.57. The van der Waals surface area contributed by atoms with E-state index in [9.17, 15) is 0 Å². The molecule has 0 spiro atoms. The molecule has 2 unspecified atom stereocenters.